The van der Waals surface area contributed by atoms with Crippen LogP contribution in [-0.4, -0.2) is 28.6 Å². The van der Waals surface area contributed by atoms with E-state index in [1.807, 2.05) is 41.5 Å². The number of Topliss-reactive ketones (excluding diaryl/α,β-unsaturated/α-hetero) is 1. The molecular formula is C23H27O6-. The standard InChI is InChI=1S/C23H28O6/c1-22(2,3)16-9-13(10-17(20(16)26)23(4,5)6)19(25)12-29-14-7-8-15(21(27)28)18(24)11-14/h7-11,24,26H,12H2,1-6H3,(H,27,28)/p-1. The molecule has 6 nitrogen and oxygen atoms in total. The number of benzene rings is 2. The summed E-state index contributed by atoms with van der Waals surface area (Å²) in [4.78, 5) is 23.7. The second-order valence-electron chi connectivity index (χ2n) is 9.09. The van der Waals surface area contributed by atoms with E-state index in [1.54, 1.807) is 12.1 Å². The Morgan fingerprint density at radius 3 is 1.90 bits per heavy atom. The van der Waals surface area contributed by atoms with Crippen molar-refractivity contribution >= 4 is 11.8 Å². The summed E-state index contributed by atoms with van der Waals surface area (Å²) in [6, 6.07) is 6.89. The lowest BCUT2D eigenvalue weighted by Gasteiger charge is -2.28. The van der Waals surface area contributed by atoms with Crippen LogP contribution in [0.5, 0.6) is 17.2 Å². The molecule has 2 aromatic rings. The van der Waals surface area contributed by atoms with Gasteiger partial charge in [0.05, 0.1) is 5.56 Å². The van der Waals surface area contributed by atoms with Crippen LogP contribution in [0.2, 0.25) is 0 Å². The molecular weight excluding hydrogens is 372 g/mol. The van der Waals surface area contributed by atoms with E-state index in [0.29, 0.717) is 16.7 Å². The number of phenolic OH excluding ortho intramolecular Hbond substituents is 1. The number of carbonyl (C=O) groups excluding carboxylic acids is 1. The molecule has 0 unspecified atom stereocenters. The van der Waals surface area contributed by atoms with E-state index >= 15 is 0 Å². The quantitative estimate of drug-likeness (QED) is 0.736. The minimum atomic E-state index is -1.31. The van der Waals surface area contributed by atoms with Crippen LogP contribution in [0, 0.1) is 0 Å². The van der Waals surface area contributed by atoms with Crippen molar-refractivity contribution in [2.75, 3.05) is 6.61 Å². The Morgan fingerprint density at radius 1 is 0.966 bits per heavy atom. The Morgan fingerprint density at radius 2 is 1.48 bits per heavy atom. The van der Waals surface area contributed by atoms with Gasteiger partial charge in [-0.15, -0.1) is 0 Å². The highest BCUT2D eigenvalue weighted by atomic mass is 16.5. The van der Waals surface area contributed by atoms with E-state index in [4.69, 9.17) is 9.84 Å². The number of carboxylic acids is 1. The maximum atomic E-state index is 12.8. The lowest BCUT2D eigenvalue weighted by atomic mass is 9.78. The highest BCUT2D eigenvalue weighted by molar-refractivity contribution is 5.98. The van der Waals surface area contributed by atoms with Gasteiger partial charge in [0, 0.05) is 16.7 Å². The lowest BCUT2D eigenvalue weighted by molar-refractivity contribution is -0.268. The van der Waals surface area contributed by atoms with Gasteiger partial charge in [-0.25, -0.2) is 4.79 Å². The smallest absolute Gasteiger partial charge is 0.335 e. The molecule has 0 heterocycles. The molecule has 0 fully saturated rings. The zero-order chi connectivity index (χ0) is 22.1. The lowest BCUT2D eigenvalue weighted by Crippen LogP contribution is -2.20. The molecule has 0 saturated heterocycles. The van der Waals surface area contributed by atoms with Gasteiger partial charge in [-0.2, -0.15) is 0 Å². The van der Waals surface area contributed by atoms with Crippen LogP contribution >= 0.6 is 0 Å². The van der Waals surface area contributed by atoms with Gasteiger partial charge in [0.2, 0.25) is 0 Å². The summed E-state index contributed by atoms with van der Waals surface area (Å²) in [6.07, 6.45) is 0. The summed E-state index contributed by atoms with van der Waals surface area (Å²) >= 11 is 0. The van der Waals surface area contributed by atoms with Gasteiger partial charge in [0.15, 0.2) is 12.4 Å². The van der Waals surface area contributed by atoms with Crippen molar-refractivity contribution in [3.8, 4) is 17.2 Å². The summed E-state index contributed by atoms with van der Waals surface area (Å²) in [5.74, 6) is -2.00. The van der Waals surface area contributed by atoms with E-state index in [2.05, 4.69) is 0 Å². The fourth-order valence-electron chi connectivity index (χ4n) is 2.94. The van der Waals surface area contributed by atoms with Crippen molar-refractivity contribution in [1.82, 2.24) is 0 Å². The molecule has 156 valence electrons. The number of phenols is 1. The number of aromatic hydroxyl groups is 1. The predicted molar refractivity (Wildman–Crippen MR) is 108 cm³/mol. The summed E-state index contributed by atoms with van der Waals surface area (Å²) in [5.41, 5.74) is 0.646. The largest absolute Gasteiger partial charge is 0.872 e. The second-order valence-corrected chi connectivity index (χ2v) is 9.09. The first-order chi connectivity index (χ1) is 13.2. The van der Waals surface area contributed by atoms with E-state index < -0.39 is 11.7 Å². The minimum absolute atomic E-state index is 0.124. The topological polar surface area (TPSA) is 107 Å². The Labute approximate surface area is 170 Å². The molecule has 0 spiro atoms. The first-order valence-electron chi connectivity index (χ1n) is 9.30. The average molecular weight is 399 g/mol. The zero-order valence-corrected chi connectivity index (χ0v) is 17.6. The third kappa shape index (κ3) is 5.08. The van der Waals surface area contributed by atoms with Crippen LogP contribution in [0.1, 0.15) is 73.4 Å². The van der Waals surface area contributed by atoms with Gasteiger partial charge in [-0.1, -0.05) is 47.3 Å². The minimum Gasteiger partial charge on any atom is -0.872 e. The molecule has 0 bridgehead atoms. The Bertz CT molecular complexity index is 910. The molecule has 2 aromatic carbocycles. The molecule has 0 atom stereocenters. The van der Waals surface area contributed by atoms with Gasteiger partial charge in [0.1, 0.15) is 11.5 Å². The summed E-state index contributed by atoms with van der Waals surface area (Å²) in [5, 5.41) is 31.4. The van der Waals surface area contributed by atoms with Crippen molar-refractivity contribution in [2.45, 2.75) is 52.4 Å². The molecule has 0 aliphatic heterocycles. The van der Waals surface area contributed by atoms with Gasteiger partial charge in [-0.05, 0) is 41.2 Å². The highest BCUT2D eigenvalue weighted by Crippen LogP contribution is 2.39. The van der Waals surface area contributed by atoms with Crippen molar-refractivity contribution in [3.05, 3.63) is 52.6 Å². The highest BCUT2D eigenvalue weighted by Gasteiger charge is 2.27. The Kier molecular flexibility index (Phi) is 5.97. The Balaban J connectivity index is 2.33. The molecule has 0 aliphatic rings. The molecule has 0 aromatic heterocycles. The zero-order valence-electron chi connectivity index (χ0n) is 17.6. The predicted octanol–water partition coefficient (Wildman–Crippen LogP) is 4.02. The molecule has 0 amide bonds. The van der Waals surface area contributed by atoms with Gasteiger partial charge < -0.3 is 20.1 Å². The monoisotopic (exact) mass is 399 g/mol. The SMILES string of the molecule is CC(C)(C)c1cc(C(=O)COc2ccc(C(=O)O)c([O-])c2)cc(C(C)(C)C)c1O. The van der Waals surface area contributed by atoms with Gasteiger partial charge in [-0.3, -0.25) is 4.79 Å². The fraction of sp³-hybridized carbons (Fsp3) is 0.391. The molecule has 29 heavy (non-hydrogen) atoms. The number of ketones is 1. The van der Waals surface area contributed by atoms with Crippen LogP contribution in [0.4, 0.5) is 0 Å². The summed E-state index contributed by atoms with van der Waals surface area (Å²) < 4.78 is 5.41. The molecule has 0 aliphatic carbocycles. The first kappa shape index (κ1) is 22.3. The molecule has 0 saturated carbocycles. The van der Waals surface area contributed by atoms with E-state index in [0.717, 1.165) is 12.1 Å². The van der Waals surface area contributed by atoms with Crippen molar-refractivity contribution in [2.24, 2.45) is 0 Å². The third-order valence-electron chi connectivity index (χ3n) is 4.60. The number of hydrogen-bond acceptors (Lipinski definition) is 5. The molecule has 0 radical (unpaired) electrons. The first-order valence-corrected chi connectivity index (χ1v) is 9.30. The number of carboxylic acid groups (broad SMARTS) is 1. The maximum absolute atomic E-state index is 12.8. The Hall–Kier alpha value is -3.02. The van der Waals surface area contributed by atoms with Crippen molar-refractivity contribution < 1.29 is 29.6 Å². The van der Waals surface area contributed by atoms with E-state index in [9.17, 15) is 19.8 Å². The number of rotatable bonds is 5. The van der Waals surface area contributed by atoms with Crippen LogP contribution in [0.3, 0.4) is 0 Å². The third-order valence-corrected chi connectivity index (χ3v) is 4.60. The molecule has 2 N–H and O–H groups in total. The van der Waals surface area contributed by atoms with Crippen molar-refractivity contribution in [3.63, 3.8) is 0 Å². The number of carbonyl (C=O) groups is 2. The maximum Gasteiger partial charge on any atom is 0.335 e. The normalized spacial score (nSPS) is 11.9. The summed E-state index contributed by atoms with van der Waals surface area (Å²) in [7, 11) is 0. The van der Waals surface area contributed by atoms with Gasteiger partial charge >= 0.3 is 5.97 Å². The summed E-state index contributed by atoms with van der Waals surface area (Å²) in [6.45, 7) is 11.4. The van der Waals surface area contributed by atoms with Crippen LogP contribution in [-0.2, 0) is 10.8 Å². The van der Waals surface area contributed by atoms with Crippen LogP contribution in [0.15, 0.2) is 30.3 Å². The van der Waals surface area contributed by atoms with E-state index in [-0.39, 0.29) is 40.3 Å². The second kappa shape index (κ2) is 7.78. The van der Waals surface area contributed by atoms with E-state index in [1.165, 1.54) is 6.07 Å². The molecule has 6 heteroatoms. The van der Waals surface area contributed by atoms with Gasteiger partial charge in [0.25, 0.3) is 0 Å². The molecule has 2 rings (SSSR count). The van der Waals surface area contributed by atoms with Crippen LogP contribution < -0.4 is 9.84 Å². The number of aromatic carboxylic acids is 1. The number of hydrogen-bond donors (Lipinski definition) is 2. The van der Waals surface area contributed by atoms with Crippen molar-refractivity contribution in [1.29, 1.82) is 0 Å². The van der Waals surface area contributed by atoms with Crippen LogP contribution in [0.25, 0.3) is 0 Å². The number of ether oxygens (including phenoxy) is 1. The average Bonchev–Trinajstić information content (AvgIpc) is 2.57. The fourth-order valence-corrected chi connectivity index (χ4v) is 2.94.